The molecule has 2 heterocycles. The van der Waals surface area contributed by atoms with Crippen molar-refractivity contribution in [1.29, 1.82) is 0 Å². The topological polar surface area (TPSA) is 78.6 Å². The summed E-state index contributed by atoms with van der Waals surface area (Å²) in [7, 11) is 0. The average Bonchev–Trinajstić information content (AvgIpc) is 3.07. The Hall–Kier alpha value is -1.40. The lowest BCUT2D eigenvalue weighted by molar-refractivity contribution is -0.0312. The summed E-state index contributed by atoms with van der Waals surface area (Å²) in [5.74, 6) is 0.809. The quantitative estimate of drug-likeness (QED) is 0.854. The van der Waals surface area contributed by atoms with Crippen molar-refractivity contribution in [2.24, 2.45) is 0 Å². The summed E-state index contributed by atoms with van der Waals surface area (Å²) in [5, 5.41) is 17.6. The van der Waals surface area contributed by atoms with E-state index in [0.29, 0.717) is 5.69 Å². The van der Waals surface area contributed by atoms with Crippen molar-refractivity contribution in [3.05, 3.63) is 17.5 Å². The summed E-state index contributed by atoms with van der Waals surface area (Å²) in [5.41, 5.74) is -0.134. The van der Waals surface area contributed by atoms with Gasteiger partial charge < -0.3 is 19.8 Å². The summed E-state index contributed by atoms with van der Waals surface area (Å²) < 4.78 is 5.20. The van der Waals surface area contributed by atoms with Crippen LogP contribution in [0.15, 0.2) is 10.6 Å². The summed E-state index contributed by atoms with van der Waals surface area (Å²) in [6, 6.07) is 1.90. The van der Waals surface area contributed by atoms with Gasteiger partial charge in [-0.25, -0.2) is 0 Å². The number of rotatable bonds is 5. The van der Waals surface area contributed by atoms with E-state index in [9.17, 15) is 9.90 Å². The lowest BCUT2D eigenvalue weighted by atomic mass is 9.84. The van der Waals surface area contributed by atoms with E-state index < -0.39 is 5.60 Å². The van der Waals surface area contributed by atoms with Gasteiger partial charge in [-0.1, -0.05) is 38.3 Å². The molecule has 0 radical (unpaired) electrons. The number of nitrogens with zero attached hydrogens (tertiary/aromatic N) is 2. The molecule has 6 heteroatoms. The number of carbonyl (C=O) groups is 1. The van der Waals surface area contributed by atoms with E-state index in [2.05, 4.69) is 15.4 Å². The lowest BCUT2D eigenvalue weighted by Crippen LogP contribution is -2.50. The van der Waals surface area contributed by atoms with Crippen LogP contribution in [0.5, 0.6) is 0 Å². The number of nitrogens with one attached hydrogen (secondary N) is 1. The standard InChI is InChI=1S/C19H31N3O3/c1-14(2)17-12-16(21-25-17)18(23)20-15-6-10-22(11-7-15)13-19(24)8-4-3-5-9-19/h12,14-15,24H,3-11,13H2,1-2H3,(H,20,23). The maximum absolute atomic E-state index is 12.3. The van der Waals surface area contributed by atoms with E-state index in [1.807, 2.05) is 13.8 Å². The van der Waals surface area contributed by atoms with Crippen LogP contribution in [0.25, 0.3) is 0 Å². The van der Waals surface area contributed by atoms with Crippen LogP contribution in [-0.2, 0) is 0 Å². The van der Waals surface area contributed by atoms with Crippen molar-refractivity contribution in [2.75, 3.05) is 19.6 Å². The van der Waals surface area contributed by atoms with E-state index in [0.717, 1.165) is 63.9 Å². The summed E-state index contributed by atoms with van der Waals surface area (Å²) in [6.07, 6.45) is 7.20. The van der Waals surface area contributed by atoms with Gasteiger partial charge in [0.05, 0.1) is 5.60 Å². The molecule has 1 aliphatic heterocycles. The molecule has 1 aromatic heterocycles. The number of aromatic nitrogens is 1. The highest BCUT2D eigenvalue weighted by molar-refractivity contribution is 5.92. The zero-order valence-electron chi connectivity index (χ0n) is 15.5. The average molecular weight is 349 g/mol. The van der Waals surface area contributed by atoms with Crippen molar-refractivity contribution in [3.8, 4) is 0 Å². The molecule has 6 nitrogen and oxygen atoms in total. The van der Waals surface area contributed by atoms with Crippen LogP contribution in [0.1, 0.15) is 81.0 Å². The van der Waals surface area contributed by atoms with Crippen LogP contribution in [0.2, 0.25) is 0 Å². The predicted octanol–water partition coefficient (Wildman–Crippen LogP) is 2.69. The highest BCUT2D eigenvalue weighted by Crippen LogP contribution is 2.29. The monoisotopic (exact) mass is 349 g/mol. The van der Waals surface area contributed by atoms with E-state index in [4.69, 9.17) is 4.52 Å². The Balaban J connectivity index is 1.44. The number of aliphatic hydroxyl groups is 1. The Bertz CT molecular complexity index is 570. The second-order valence-electron chi connectivity index (χ2n) is 8.08. The molecular formula is C19H31N3O3. The predicted molar refractivity (Wildman–Crippen MR) is 95.6 cm³/mol. The van der Waals surface area contributed by atoms with Crippen molar-refractivity contribution in [3.63, 3.8) is 0 Å². The minimum atomic E-state index is -0.498. The Morgan fingerprint density at radius 3 is 2.64 bits per heavy atom. The van der Waals surface area contributed by atoms with Gasteiger partial charge in [0, 0.05) is 37.7 Å². The van der Waals surface area contributed by atoms with Crippen LogP contribution >= 0.6 is 0 Å². The molecule has 1 saturated carbocycles. The molecule has 3 rings (SSSR count). The van der Waals surface area contributed by atoms with Crippen LogP contribution in [-0.4, -0.2) is 52.3 Å². The van der Waals surface area contributed by atoms with Crippen LogP contribution in [0.3, 0.4) is 0 Å². The van der Waals surface area contributed by atoms with Gasteiger partial charge in [0.1, 0.15) is 5.76 Å². The highest BCUT2D eigenvalue weighted by atomic mass is 16.5. The molecule has 1 saturated heterocycles. The Kier molecular flexibility index (Phi) is 5.79. The van der Waals surface area contributed by atoms with Gasteiger partial charge in [0.25, 0.3) is 5.91 Å². The second-order valence-corrected chi connectivity index (χ2v) is 8.08. The number of amides is 1. The lowest BCUT2D eigenvalue weighted by Gasteiger charge is -2.40. The Morgan fingerprint density at radius 1 is 1.36 bits per heavy atom. The molecule has 2 fully saturated rings. The third-order valence-electron chi connectivity index (χ3n) is 5.56. The molecule has 25 heavy (non-hydrogen) atoms. The normalized spacial score (nSPS) is 22.2. The van der Waals surface area contributed by atoms with Crippen LogP contribution < -0.4 is 5.32 Å². The van der Waals surface area contributed by atoms with E-state index in [1.165, 1.54) is 6.42 Å². The first kappa shape index (κ1) is 18.4. The summed E-state index contributed by atoms with van der Waals surface area (Å²) in [4.78, 5) is 14.7. The Morgan fingerprint density at radius 2 is 2.04 bits per heavy atom. The molecular weight excluding hydrogens is 318 g/mol. The van der Waals surface area contributed by atoms with Crippen molar-refractivity contribution >= 4 is 5.91 Å². The number of likely N-dealkylation sites (tertiary alicyclic amines) is 1. The number of β-amino-alcohol motifs (C(OH)–C–C–N with tert-alkyl or cyclic N) is 1. The third kappa shape index (κ3) is 4.82. The number of piperidine rings is 1. The number of carbonyl (C=O) groups excluding carboxylic acids is 1. The molecule has 0 unspecified atom stereocenters. The largest absolute Gasteiger partial charge is 0.389 e. The van der Waals surface area contributed by atoms with Gasteiger partial charge in [-0.3, -0.25) is 4.79 Å². The molecule has 1 aliphatic carbocycles. The maximum atomic E-state index is 12.3. The second kappa shape index (κ2) is 7.87. The van der Waals surface area contributed by atoms with Gasteiger partial charge in [0.15, 0.2) is 5.69 Å². The number of hydrogen-bond donors (Lipinski definition) is 2. The molecule has 140 valence electrons. The highest BCUT2D eigenvalue weighted by Gasteiger charge is 2.33. The molecule has 0 bridgehead atoms. The summed E-state index contributed by atoms with van der Waals surface area (Å²) >= 11 is 0. The van der Waals surface area contributed by atoms with Crippen LogP contribution in [0.4, 0.5) is 0 Å². The van der Waals surface area contributed by atoms with Gasteiger partial charge in [0.2, 0.25) is 0 Å². The molecule has 0 atom stereocenters. The fraction of sp³-hybridized carbons (Fsp3) is 0.789. The first-order chi connectivity index (χ1) is 12.0. The van der Waals surface area contributed by atoms with Gasteiger partial charge in [-0.2, -0.15) is 0 Å². The SMILES string of the molecule is CC(C)c1cc(C(=O)NC2CCN(CC3(O)CCCCC3)CC2)no1. The Labute approximate surface area is 149 Å². The van der Waals surface area contributed by atoms with Crippen molar-refractivity contribution in [2.45, 2.75) is 76.4 Å². The summed E-state index contributed by atoms with van der Waals surface area (Å²) in [6.45, 7) is 6.64. The zero-order chi connectivity index (χ0) is 17.9. The zero-order valence-corrected chi connectivity index (χ0v) is 15.5. The fourth-order valence-corrected chi connectivity index (χ4v) is 3.95. The van der Waals surface area contributed by atoms with Crippen molar-refractivity contribution < 1.29 is 14.4 Å². The molecule has 0 spiro atoms. The maximum Gasteiger partial charge on any atom is 0.273 e. The van der Waals surface area contributed by atoms with Crippen molar-refractivity contribution in [1.82, 2.24) is 15.4 Å². The minimum Gasteiger partial charge on any atom is -0.389 e. The third-order valence-corrected chi connectivity index (χ3v) is 5.56. The van der Waals surface area contributed by atoms with E-state index in [1.54, 1.807) is 6.07 Å². The first-order valence-electron chi connectivity index (χ1n) is 9.67. The van der Waals surface area contributed by atoms with Gasteiger partial charge in [-0.05, 0) is 25.7 Å². The molecule has 0 aromatic carbocycles. The molecule has 1 amide bonds. The van der Waals surface area contributed by atoms with Gasteiger partial charge in [-0.15, -0.1) is 0 Å². The molecule has 2 N–H and O–H groups in total. The van der Waals surface area contributed by atoms with E-state index in [-0.39, 0.29) is 17.9 Å². The minimum absolute atomic E-state index is 0.153. The number of hydrogen-bond acceptors (Lipinski definition) is 5. The van der Waals surface area contributed by atoms with Gasteiger partial charge >= 0.3 is 0 Å². The van der Waals surface area contributed by atoms with Crippen LogP contribution in [0, 0.1) is 0 Å². The van der Waals surface area contributed by atoms with E-state index >= 15 is 0 Å². The molecule has 2 aliphatic rings. The first-order valence-corrected chi connectivity index (χ1v) is 9.67. The smallest absolute Gasteiger partial charge is 0.273 e. The fourth-order valence-electron chi connectivity index (χ4n) is 3.95. The molecule has 1 aromatic rings.